The first kappa shape index (κ1) is 24.3. The molecule has 1 N–H and O–H groups in total. The van der Waals surface area contributed by atoms with Crippen LogP contribution in [-0.4, -0.2) is 25.7 Å². The lowest BCUT2D eigenvalue weighted by molar-refractivity contribution is -0.111. The van der Waals surface area contributed by atoms with Crippen molar-refractivity contribution in [2.24, 2.45) is 5.41 Å². The van der Waals surface area contributed by atoms with Crippen LogP contribution in [0.3, 0.4) is 0 Å². The maximum atomic E-state index is 12.7. The van der Waals surface area contributed by atoms with Crippen LogP contribution in [0.25, 0.3) is 0 Å². The third-order valence-electron chi connectivity index (χ3n) is 4.12. The number of aromatic nitrogens is 1. The van der Waals surface area contributed by atoms with Gasteiger partial charge in [-0.15, -0.1) is 11.3 Å². The zero-order valence-corrected chi connectivity index (χ0v) is 22.4. The van der Waals surface area contributed by atoms with Gasteiger partial charge in [0.1, 0.15) is 5.75 Å². The third kappa shape index (κ3) is 8.35. The Hall–Kier alpha value is -0.973. The molecule has 0 aliphatic heterocycles. The molecule has 1 amide bonds. The number of hydrogen-bond donors (Lipinski definition) is 1. The topological polar surface area (TPSA) is 60.5 Å². The Bertz CT molecular complexity index is 851. The average molecular weight is 547 g/mol. The van der Waals surface area contributed by atoms with Gasteiger partial charge < -0.3 is 9.16 Å². The van der Waals surface area contributed by atoms with E-state index in [0.29, 0.717) is 16.4 Å². The molecule has 2 aromatic rings. The van der Waals surface area contributed by atoms with Crippen LogP contribution in [0.5, 0.6) is 5.75 Å². The molecule has 0 aliphatic carbocycles. The highest BCUT2D eigenvalue weighted by Gasteiger charge is 2.31. The lowest BCUT2D eigenvalue weighted by Gasteiger charge is -2.35. The van der Waals surface area contributed by atoms with Gasteiger partial charge in [0.15, 0.2) is 20.0 Å². The summed E-state index contributed by atoms with van der Waals surface area (Å²) in [5.41, 5.74) is 1.62. The molecular formula is C21H31IN2O3SSi. The number of nitrogens with zero attached hydrogens (tertiary/aromatic N) is 1. The number of amides is 1. The number of aryl methyl sites for hydroxylation is 1. The van der Waals surface area contributed by atoms with Crippen molar-refractivity contribution >= 4 is 54.0 Å². The molecule has 1 aromatic heterocycles. The number of carbonyl (C=O) groups excluding carboxylic acids is 1. The number of anilines is 1. The minimum Gasteiger partial charge on any atom is -0.464 e. The Morgan fingerprint density at radius 1 is 1.21 bits per heavy atom. The number of carbonyl (C=O) groups is 1. The highest BCUT2D eigenvalue weighted by molar-refractivity contribution is 14.1. The first-order valence-electron chi connectivity index (χ1n) is 9.76. The number of ether oxygens (including phenoxy) is 1. The minimum atomic E-state index is -1.32. The zero-order chi connectivity index (χ0) is 21.8. The van der Waals surface area contributed by atoms with E-state index >= 15 is 0 Å². The Labute approximate surface area is 193 Å². The Balaban J connectivity index is 2.22. The first-order valence-corrected chi connectivity index (χ1v) is 14.5. The summed E-state index contributed by atoms with van der Waals surface area (Å²) >= 11 is 3.62. The van der Waals surface area contributed by atoms with Crippen molar-refractivity contribution in [3.63, 3.8) is 0 Å². The quantitative estimate of drug-likeness (QED) is 0.242. The molecule has 5 nitrogen and oxygen atoms in total. The summed E-state index contributed by atoms with van der Waals surface area (Å²) < 4.78 is 13.6. The molecule has 0 bridgehead atoms. The van der Waals surface area contributed by atoms with Gasteiger partial charge >= 0.3 is 0 Å². The lowest BCUT2D eigenvalue weighted by atomic mass is 9.88. The number of rotatable bonds is 8. The van der Waals surface area contributed by atoms with Crippen molar-refractivity contribution in [3.05, 3.63) is 38.4 Å². The van der Waals surface area contributed by atoms with E-state index in [1.165, 1.54) is 11.3 Å². The number of benzene rings is 1. The molecule has 160 valence electrons. The second-order valence-electron chi connectivity index (χ2n) is 8.89. The van der Waals surface area contributed by atoms with Crippen LogP contribution in [0.2, 0.25) is 13.1 Å². The highest BCUT2D eigenvalue weighted by Crippen LogP contribution is 2.32. The number of halogens is 1. The van der Waals surface area contributed by atoms with Crippen molar-refractivity contribution in [1.29, 1.82) is 0 Å². The molecule has 1 atom stereocenters. The van der Waals surface area contributed by atoms with E-state index < -0.39 is 14.8 Å². The monoisotopic (exact) mass is 546 g/mol. The van der Waals surface area contributed by atoms with Crippen molar-refractivity contribution in [3.8, 4) is 5.75 Å². The average Bonchev–Trinajstić information content (AvgIpc) is 2.96. The van der Waals surface area contributed by atoms with Crippen LogP contribution in [0.4, 0.5) is 5.13 Å². The van der Waals surface area contributed by atoms with Crippen LogP contribution >= 0.6 is 33.9 Å². The SMILES string of the molecule is Cc1csc(NC(=O)c2cc(I)cc(OC(C)(CCC(C)(C)C)O[SiH](C)C)c2)n1. The maximum absolute atomic E-state index is 12.7. The summed E-state index contributed by atoms with van der Waals surface area (Å²) in [6, 6.07) is 5.55. The Morgan fingerprint density at radius 2 is 1.90 bits per heavy atom. The summed E-state index contributed by atoms with van der Waals surface area (Å²) in [7, 11) is -1.32. The molecule has 0 spiro atoms. The van der Waals surface area contributed by atoms with E-state index in [0.717, 1.165) is 22.1 Å². The van der Waals surface area contributed by atoms with Gasteiger partial charge in [0.25, 0.3) is 5.91 Å². The fraction of sp³-hybridized carbons (Fsp3) is 0.524. The van der Waals surface area contributed by atoms with Crippen LogP contribution in [0, 0.1) is 15.9 Å². The van der Waals surface area contributed by atoms with Gasteiger partial charge in [-0.2, -0.15) is 0 Å². The Morgan fingerprint density at radius 3 is 2.45 bits per heavy atom. The summed E-state index contributed by atoms with van der Waals surface area (Å²) in [5, 5.41) is 5.36. The van der Waals surface area contributed by atoms with Gasteiger partial charge in [-0.25, -0.2) is 4.98 Å². The Kier molecular flexibility index (Phi) is 8.29. The second kappa shape index (κ2) is 9.89. The number of nitrogens with one attached hydrogen (secondary N) is 1. The predicted molar refractivity (Wildman–Crippen MR) is 132 cm³/mol. The molecule has 2 rings (SSSR count). The molecule has 8 heteroatoms. The molecule has 0 saturated carbocycles. The van der Waals surface area contributed by atoms with Gasteiger partial charge in [0.05, 0.1) is 5.69 Å². The molecular weight excluding hydrogens is 515 g/mol. The van der Waals surface area contributed by atoms with E-state index in [-0.39, 0.29) is 11.3 Å². The van der Waals surface area contributed by atoms with Crippen LogP contribution < -0.4 is 10.1 Å². The van der Waals surface area contributed by atoms with Gasteiger partial charge in [0.2, 0.25) is 0 Å². The van der Waals surface area contributed by atoms with E-state index in [2.05, 4.69) is 66.8 Å². The largest absolute Gasteiger partial charge is 0.464 e. The number of thiazole rings is 1. The second-order valence-corrected chi connectivity index (χ2v) is 13.3. The van der Waals surface area contributed by atoms with Gasteiger partial charge in [-0.3, -0.25) is 10.1 Å². The van der Waals surface area contributed by atoms with E-state index in [9.17, 15) is 4.79 Å². The lowest BCUT2D eigenvalue weighted by Crippen LogP contribution is -2.40. The van der Waals surface area contributed by atoms with Crippen molar-refractivity contribution in [2.45, 2.75) is 66.3 Å². The molecule has 1 heterocycles. The van der Waals surface area contributed by atoms with E-state index in [1.54, 1.807) is 6.07 Å². The van der Waals surface area contributed by atoms with E-state index in [4.69, 9.17) is 9.16 Å². The minimum absolute atomic E-state index is 0.189. The predicted octanol–water partition coefficient (Wildman–Crippen LogP) is 6.23. The van der Waals surface area contributed by atoms with Gasteiger partial charge in [-0.05, 0) is 72.6 Å². The summed E-state index contributed by atoms with van der Waals surface area (Å²) in [4.78, 5) is 17.0. The first-order chi connectivity index (χ1) is 13.3. The van der Waals surface area contributed by atoms with Crippen molar-refractivity contribution in [2.75, 3.05) is 5.32 Å². The van der Waals surface area contributed by atoms with Crippen molar-refractivity contribution < 1.29 is 14.0 Å². The maximum Gasteiger partial charge on any atom is 0.257 e. The van der Waals surface area contributed by atoms with Crippen molar-refractivity contribution in [1.82, 2.24) is 4.98 Å². The van der Waals surface area contributed by atoms with Crippen LogP contribution in [0.15, 0.2) is 23.6 Å². The third-order valence-corrected chi connectivity index (χ3v) is 6.59. The summed E-state index contributed by atoms with van der Waals surface area (Å²) in [6.45, 7) is 14.8. The fourth-order valence-electron chi connectivity index (χ4n) is 2.82. The van der Waals surface area contributed by atoms with Crippen LogP contribution in [-0.2, 0) is 4.43 Å². The molecule has 29 heavy (non-hydrogen) atoms. The fourth-order valence-corrected chi connectivity index (χ4v) is 5.31. The highest BCUT2D eigenvalue weighted by atomic mass is 127. The van der Waals surface area contributed by atoms with Crippen LogP contribution in [0.1, 0.15) is 56.6 Å². The van der Waals surface area contributed by atoms with Gasteiger partial charge in [0, 0.05) is 27.9 Å². The molecule has 0 radical (unpaired) electrons. The molecule has 0 saturated heterocycles. The zero-order valence-electron chi connectivity index (χ0n) is 18.3. The number of hydrogen-bond acceptors (Lipinski definition) is 5. The molecule has 0 fully saturated rings. The normalized spacial score (nSPS) is 14.0. The standard InChI is InChI=1S/C21H31IN2O3SSi/c1-14-13-28-19(23-14)24-18(25)15-10-16(22)12-17(11-15)26-21(5,27-29(6)7)9-8-20(2,3)4/h10-13,29H,8-9H2,1-7H3,(H,23,24,25). The summed E-state index contributed by atoms with van der Waals surface area (Å²) in [5.74, 6) is -0.264. The molecule has 0 aliphatic rings. The smallest absolute Gasteiger partial charge is 0.257 e. The van der Waals surface area contributed by atoms with E-state index in [1.807, 2.05) is 31.4 Å². The molecule has 1 aromatic carbocycles. The summed E-state index contributed by atoms with van der Waals surface area (Å²) in [6.07, 6.45) is 1.76. The van der Waals surface area contributed by atoms with Gasteiger partial charge in [-0.1, -0.05) is 20.8 Å². The molecule has 1 unspecified atom stereocenters.